The summed E-state index contributed by atoms with van der Waals surface area (Å²) in [7, 11) is -3.86. The number of rotatable bonds is 9. The Morgan fingerprint density at radius 1 is 1.03 bits per heavy atom. The molecule has 3 rings (SSSR count). The van der Waals surface area contributed by atoms with Crippen molar-refractivity contribution in [2.75, 3.05) is 13.1 Å². The molecule has 166 valence electrons. The third-order valence-corrected chi connectivity index (χ3v) is 6.82. The Labute approximate surface area is 193 Å². The summed E-state index contributed by atoms with van der Waals surface area (Å²) in [5.74, 6) is -0.535. The van der Waals surface area contributed by atoms with Gasteiger partial charge in [0.1, 0.15) is 0 Å². The van der Waals surface area contributed by atoms with Crippen molar-refractivity contribution in [3.8, 4) is 0 Å². The number of amides is 1. The quantitative estimate of drug-likeness (QED) is 0.379. The number of sulfonamides is 1. The molecule has 32 heavy (non-hydrogen) atoms. The average molecular weight is 470 g/mol. The fraction of sp³-hybridized carbons (Fsp3) is 0.167. The lowest BCUT2D eigenvalue weighted by atomic mass is 10.1. The summed E-state index contributed by atoms with van der Waals surface area (Å²) in [5.41, 5.74) is 5.04. The van der Waals surface area contributed by atoms with E-state index in [9.17, 15) is 13.2 Å². The summed E-state index contributed by atoms with van der Waals surface area (Å²) in [6.45, 7) is 1.69. The standard InChI is InChI=1S/C24H24ClN3O3S/c1-19-10-12-23(13-11-19)32(30,31)28(15-14-20-6-3-2-4-7-20)18-24(29)27-26-17-21-8-5-9-22(25)16-21/h2-13,16-17H,14-15,18H2,1H3,(H,27,29)/b26-17-. The number of carbonyl (C=O) groups is 1. The minimum Gasteiger partial charge on any atom is -0.272 e. The van der Waals surface area contributed by atoms with Crippen molar-refractivity contribution in [2.45, 2.75) is 18.2 Å². The number of hydrogen-bond donors (Lipinski definition) is 1. The van der Waals surface area contributed by atoms with Gasteiger partial charge in [0.2, 0.25) is 10.0 Å². The number of hydrogen-bond acceptors (Lipinski definition) is 4. The molecule has 0 aliphatic heterocycles. The molecule has 0 radical (unpaired) electrons. The normalized spacial score (nSPS) is 11.7. The van der Waals surface area contributed by atoms with Crippen molar-refractivity contribution >= 4 is 33.7 Å². The minimum absolute atomic E-state index is 0.145. The molecule has 0 spiro atoms. The molecule has 3 aromatic carbocycles. The highest BCUT2D eigenvalue weighted by molar-refractivity contribution is 7.89. The van der Waals surface area contributed by atoms with Crippen molar-refractivity contribution in [1.82, 2.24) is 9.73 Å². The van der Waals surface area contributed by atoms with Gasteiger partial charge >= 0.3 is 0 Å². The van der Waals surface area contributed by atoms with E-state index < -0.39 is 15.9 Å². The number of nitrogens with one attached hydrogen (secondary N) is 1. The molecule has 0 aliphatic rings. The molecule has 0 heterocycles. The Kier molecular flexibility index (Phi) is 8.16. The van der Waals surface area contributed by atoms with E-state index in [1.165, 1.54) is 10.5 Å². The van der Waals surface area contributed by atoms with Crippen LogP contribution in [0.1, 0.15) is 16.7 Å². The third-order valence-electron chi connectivity index (χ3n) is 4.72. The van der Waals surface area contributed by atoms with Crippen LogP contribution in [0.2, 0.25) is 5.02 Å². The summed E-state index contributed by atoms with van der Waals surface area (Å²) >= 11 is 5.94. The first kappa shape index (κ1) is 23.7. The predicted molar refractivity (Wildman–Crippen MR) is 127 cm³/mol. The summed E-state index contributed by atoms with van der Waals surface area (Å²) < 4.78 is 27.6. The van der Waals surface area contributed by atoms with Gasteiger partial charge in [-0.3, -0.25) is 4.79 Å². The van der Waals surface area contributed by atoms with E-state index in [4.69, 9.17) is 11.6 Å². The van der Waals surface area contributed by atoms with Crippen LogP contribution >= 0.6 is 11.6 Å². The maximum atomic E-state index is 13.2. The van der Waals surface area contributed by atoms with Gasteiger partial charge in [0.25, 0.3) is 5.91 Å². The van der Waals surface area contributed by atoms with Crippen LogP contribution in [0, 0.1) is 6.92 Å². The molecule has 8 heteroatoms. The fourth-order valence-corrected chi connectivity index (χ4v) is 4.60. The van der Waals surface area contributed by atoms with Crippen LogP contribution in [0.3, 0.4) is 0 Å². The largest absolute Gasteiger partial charge is 0.272 e. The second-order valence-corrected chi connectivity index (χ2v) is 9.61. The van der Waals surface area contributed by atoms with Crippen LogP contribution in [-0.2, 0) is 21.2 Å². The number of carbonyl (C=O) groups excluding carboxylic acids is 1. The zero-order valence-electron chi connectivity index (χ0n) is 17.6. The van der Waals surface area contributed by atoms with E-state index in [-0.39, 0.29) is 18.0 Å². The molecule has 0 fully saturated rings. The molecule has 1 amide bonds. The second kappa shape index (κ2) is 11.0. The van der Waals surface area contributed by atoms with Crippen molar-refractivity contribution in [3.05, 3.63) is 101 Å². The molecule has 0 saturated heterocycles. The smallest absolute Gasteiger partial charge is 0.255 e. The van der Waals surface area contributed by atoms with Crippen LogP contribution in [0.25, 0.3) is 0 Å². The number of nitrogens with zero attached hydrogens (tertiary/aromatic N) is 2. The lowest BCUT2D eigenvalue weighted by molar-refractivity contribution is -0.121. The molecule has 0 unspecified atom stereocenters. The van der Waals surface area contributed by atoms with Gasteiger partial charge in [0.05, 0.1) is 17.7 Å². The van der Waals surface area contributed by atoms with Gasteiger partial charge in [-0.1, -0.05) is 71.8 Å². The Morgan fingerprint density at radius 2 is 1.75 bits per heavy atom. The number of benzene rings is 3. The minimum atomic E-state index is -3.86. The summed E-state index contributed by atoms with van der Waals surface area (Å²) in [5, 5.41) is 4.47. The lowest BCUT2D eigenvalue weighted by Gasteiger charge is -2.21. The molecular weight excluding hydrogens is 446 g/mol. The summed E-state index contributed by atoms with van der Waals surface area (Å²) in [4.78, 5) is 12.6. The van der Waals surface area contributed by atoms with Gasteiger partial charge in [-0.25, -0.2) is 13.8 Å². The van der Waals surface area contributed by atoms with Gasteiger partial charge in [0, 0.05) is 11.6 Å². The fourth-order valence-electron chi connectivity index (χ4n) is 3.00. The molecule has 0 saturated carbocycles. The molecule has 1 N–H and O–H groups in total. The Bertz CT molecular complexity index is 1180. The molecule has 6 nitrogen and oxygen atoms in total. The van der Waals surface area contributed by atoms with Gasteiger partial charge < -0.3 is 0 Å². The highest BCUT2D eigenvalue weighted by Crippen LogP contribution is 2.17. The first-order chi connectivity index (χ1) is 15.3. The zero-order chi connectivity index (χ0) is 23.0. The first-order valence-corrected chi connectivity index (χ1v) is 11.8. The highest BCUT2D eigenvalue weighted by Gasteiger charge is 2.26. The first-order valence-electron chi connectivity index (χ1n) is 10.0. The monoisotopic (exact) mass is 469 g/mol. The van der Waals surface area contributed by atoms with E-state index >= 15 is 0 Å². The van der Waals surface area contributed by atoms with Crippen LogP contribution in [0.15, 0.2) is 88.9 Å². The maximum Gasteiger partial charge on any atom is 0.255 e. The zero-order valence-corrected chi connectivity index (χ0v) is 19.2. The van der Waals surface area contributed by atoms with E-state index in [0.717, 1.165) is 11.1 Å². The van der Waals surface area contributed by atoms with Crippen molar-refractivity contribution in [2.24, 2.45) is 5.10 Å². The number of halogens is 1. The molecule has 0 aromatic heterocycles. The molecular formula is C24H24ClN3O3S. The van der Waals surface area contributed by atoms with E-state index in [2.05, 4.69) is 10.5 Å². The SMILES string of the molecule is Cc1ccc(S(=O)(=O)N(CCc2ccccc2)CC(=O)N/N=C\c2cccc(Cl)c2)cc1. The second-order valence-electron chi connectivity index (χ2n) is 7.24. The van der Waals surface area contributed by atoms with E-state index in [1.54, 1.807) is 48.5 Å². The lowest BCUT2D eigenvalue weighted by Crippen LogP contribution is -2.40. The molecule has 0 atom stereocenters. The van der Waals surface area contributed by atoms with Gasteiger partial charge in [0.15, 0.2) is 0 Å². The van der Waals surface area contributed by atoms with Crippen LogP contribution < -0.4 is 5.43 Å². The van der Waals surface area contributed by atoms with Crippen LogP contribution in [0.5, 0.6) is 0 Å². The van der Waals surface area contributed by atoms with E-state index in [0.29, 0.717) is 17.0 Å². The highest BCUT2D eigenvalue weighted by atomic mass is 35.5. The maximum absolute atomic E-state index is 13.2. The predicted octanol–water partition coefficient (Wildman–Crippen LogP) is 4.03. The molecule has 0 aliphatic carbocycles. The van der Waals surface area contributed by atoms with Crippen LogP contribution in [0.4, 0.5) is 0 Å². The topological polar surface area (TPSA) is 78.8 Å². The Balaban J connectivity index is 1.73. The third kappa shape index (κ3) is 6.75. The van der Waals surface area contributed by atoms with Gasteiger partial charge in [-0.2, -0.15) is 9.41 Å². The summed E-state index contributed by atoms with van der Waals surface area (Å²) in [6, 6.07) is 23.1. The molecule has 3 aromatic rings. The molecule has 0 bridgehead atoms. The Morgan fingerprint density at radius 3 is 2.44 bits per heavy atom. The Hall–Kier alpha value is -3.00. The van der Waals surface area contributed by atoms with Crippen molar-refractivity contribution in [3.63, 3.8) is 0 Å². The van der Waals surface area contributed by atoms with Crippen LogP contribution in [-0.4, -0.2) is 37.9 Å². The van der Waals surface area contributed by atoms with Gasteiger partial charge in [-0.05, 0) is 48.7 Å². The number of aryl methyl sites for hydroxylation is 1. The van der Waals surface area contributed by atoms with Crippen molar-refractivity contribution < 1.29 is 13.2 Å². The summed E-state index contributed by atoms with van der Waals surface area (Å²) in [6.07, 6.45) is 1.93. The van der Waals surface area contributed by atoms with Gasteiger partial charge in [-0.15, -0.1) is 0 Å². The van der Waals surface area contributed by atoms with Crippen molar-refractivity contribution in [1.29, 1.82) is 0 Å². The van der Waals surface area contributed by atoms with E-state index in [1.807, 2.05) is 37.3 Å². The average Bonchev–Trinajstić information content (AvgIpc) is 2.77. The number of hydrazone groups is 1.